The van der Waals surface area contributed by atoms with Gasteiger partial charge in [-0.3, -0.25) is 19.9 Å². The van der Waals surface area contributed by atoms with Crippen LogP contribution in [0.15, 0.2) is 36.2 Å². The second kappa shape index (κ2) is 7.83. The fraction of sp³-hybridized carbons (Fsp3) is 0.300. The molecule has 0 aromatic carbocycles. The zero-order chi connectivity index (χ0) is 23.2. The molecule has 2 amide bonds. The summed E-state index contributed by atoms with van der Waals surface area (Å²) in [5.41, 5.74) is 0.515. The zero-order valence-corrected chi connectivity index (χ0v) is 16.9. The molecular weight excluding hydrogens is 441 g/mol. The Labute approximate surface area is 184 Å². The third kappa shape index (κ3) is 4.33. The van der Waals surface area contributed by atoms with E-state index in [-0.39, 0.29) is 41.3 Å². The van der Waals surface area contributed by atoms with E-state index >= 15 is 0 Å². The highest BCUT2D eigenvalue weighted by Gasteiger charge is 2.42. The Bertz CT molecular complexity index is 1270. The molecule has 3 aromatic rings. The van der Waals surface area contributed by atoms with Crippen molar-refractivity contribution < 1.29 is 22.8 Å². The van der Waals surface area contributed by atoms with Gasteiger partial charge in [0.1, 0.15) is 0 Å². The van der Waals surface area contributed by atoms with Crippen LogP contribution in [0.3, 0.4) is 0 Å². The molecule has 4 heterocycles. The lowest BCUT2D eigenvalue weighted by Crippen LogP contribution is -2.29. The summed E-state index contributed by atoms with van der Waals surface area (Å²) < 4.78 is 42.8. The number of carbonyl (C=O) groups is 2. The lowest BCUT2D eigenvalue weighted by Gasteiger charge is -2.21. The highest BCUT2D eigenvalue weighted by molar-refractivity contribution is 6.15. The average Bonchev–Trinajstić information content (AvgIpc) is 3.40. The van der Waals surface area contributed by atoms with Crippen molar-refractivity contribution in [1.82, 2.24) is 29.9 Å². The van der Waals surface area contributed by atoms with Crippen molar-refractivity contribution in [3.8, 4) is 0 Å². The number of alkyl halides is 3. The second-order valence-electron chi connectivity index (χ2n) is 7.72. The van der Waals surface area contributed by atoms with Crippen LogP contribution in [0.1, 0.15) is 36.6 Å². The maximum atomic E-state index is 13.8. The quantitative estimate of drug-likeness (QED) is 0.379. The van der Waals surface area contributed by atoms with Crippen LogP contribution in [0.4, 0.5) is 25.1 Å². The molecule has 0 radical (unpaired) electrons. The van der Waals surface area contributed by atoms with Gasteiger partial charge in [-0.15, -0.1) is 0 Å². The van der Waals surface area contributed by atoms with E-state index in [9.17, 15) is 22.8 Å². The summed E-state index contributed by atoms with van der Waals surface area (Å²) >= 11 is 0. The third-order valence-electron chi connectivity index (χ3n) is 5.12. The molecule has 1 unspecified atom stereocenters. The SMILES string of the molecule is O=C1C/C(=C\c2cnn3c(NC4CC4)nc(NC(c4ccccn4)C(F)(F)F)nc23)C(=O)N1. The van der Waals surface area contributed by atoms with Crippen molar-refractivity contribution in [2.45, 2.75) is 37.5 Å². The lowest BCUT2D eigenvalue weighted by molar-refractivity contribution is -0.145. The molecule has 1 atom stereocenters. The van der Waals surface area contributed by atoms with E-state index in [2.05, 4.69) is 36.0 Å². The van der Waals surface area contributed by atoms with Gasteiger partial charge in [-0.2, -0.15) is 32.8 Å². The van der Waals surface area contributed by atoms with Gasteiger partial charge in [0.2, 0.25) is 17.8 Å². The van der Waals surface area contributed by atoms with Crippen LogP contribution < -0.4 is 16.0 Å². The summed E-state index contributed by atoms with van der Waals surface area (Å²) in [7, 11) is 0. The molecule has 1 saturated carbocycles. The minimum absolute atomic E-state index is 0.102. The molecule has 10 nitrogen and oxygen atoms in total. The molecule has 5 rings (SSSR count). The molecule has 3 aromatic heterocycles. The minimum atomic E-state index is -4.67. The summed E-state index contributed by atoms with van der Waals surface area (Å²) in [4.78, 5) is 35.7. The number of hydrogen-bond donors (Lipinski definition) is 3. The molecule has 2 fully saturated rings. The summed E-state index contributed by atoms with van der Waals surface area (Å²) in [5.74, 6) is -1.04. The maximum Gasteiger partial charge on any atom is 0.414 e. The number of hydrogen-bond acceptors (Lipinski definition) is 8. The van der Waals surface area contributed by atoms with Crippen molar-refractivity contribution in [3.05, 3.63) is 47.4 Å². The monoisotopic (exact) mass is 458 g/mol. The third-order valence-corrected chi connectivity index (χ3v) is 5.12. The first-order chi connectivity index (χ1) is 15.8. The molecule has 1 aliphatic heterocycles. The Balaban J connectivity index is 1.57. The van der Waals surface area contributed by atoms with Crippen molar-refractivity contribution >= 4 is 35.4 Å². The first-order valence-electron chi connectivity index (χ1n) is 10.1. The Hall–Kier alpha value is -4.03. The Morgan fingerprint density at radius 2 is 2.03 bits per heavy atom. The van der Waals surface area contributed by atoms with Gasteiger partial charge in [0, 0.05) is 23.4 Å². The van der Waals surface area contributed by atoms with Crippen LogP contribution in [0.25, 0.3) is 11.7 Å². The van der Waals surface area contributed by atoms with E-state index in [1.54, 1.807) is 0 Å². The zero-order valence-electron chi connectivity index (χ0n) is 16.9. The number of amides is 2. The minimum Gasteiger partial charge on any atom is -0.351 e. The fourth-order valence-corrected chi connectivity index (χ4v) is 3.37. The molecule has 1 aliphatic carbocycles. The summed E-state index contributed by atoms with van der Waals surface area (Å²) in [6.07, 6.45) is 1.16. The Morgan fingerprint density at radius 3 is 2.67 bits per heavy atom. The van der Waals surface area contributed by atoms with Crippen LogP contribution in [-0.4, -0.2) is 48.6 Å². The molecular formula is C20H17F3N8O2. The molecule has 13 heteroatoms. The standard InChI is InChI=1S/C20H17F3N8O2/c21-20(22,23)15(13-3-1-2-6-24-13)28-18-29-16-11(7-10-8-14(32)27-17(10)33)9-25-31(16)19(30-18)26-12-4-5-12/h1-3,6-7,9,12,15H,4-5,8H2,(H,27,32,33)(H2,26,28,29,30)/b10-7+. The molecule has 1 saturated heterocycles. The van der Waals surface area contributed by atoms with Crippen molar-refractivity contribution in [3.63, 3.8) is 0 Å². The molecule has 33 heavy (non-hydrogen) atoms. The first-order valence-corrected chi connectivity index (χ1v) is 10.1. The number of anilines is 2. The van der Waals surface area contributed by atoms with Crippen LogP contribution in [0.5, 0.6) is 0 Å². The van der Waals surface area contributed by atoms with E-state index in [0.29, 0.717) is 5.56 Å². The van der Waals surface area contributed by atoms with E-state index in [4.69, 9.17) is 0 Å². The molecule has 3 N–H and O–H groups in total. The average molecular weight is 458 g/mol. The van der Waals surface area contributed by atoms with Crippen LogP contribution >= 0.6 is 0 Å². The van der Waals surface area contributed by atoms with Crippen LogP contribution in [0, 0.1) is 0 Å². The number of fused-ring (bicyclic) bond motifs is 1. The number of imide groups is 1. The van der Waals surface area contributed by atoms with Gasteiger partial charge in [0.25, 0.3) is 5.91 Å². The smallest absolute Gasteiger partial charge is 0.351 e. The van der Waals surface area contributed by atoms with Crippen molar-refractivity contribution in [2.75, 3.05) is 10.6 Å². The number of nitrogens with zero attached hydrogens (tertiary/aromatic N) is 5. The summed E-state index contributed by atoms with van der Waals surface area (Å²) in [5, 5.41) is 11.9. The first kappa shape index (κ1) is 20.8. The highest BCUT2D eigenvalue weighted by Crippen LogP contribution is 2.34. The Morgan fingerprint density at radius 1 is 1.21 bits per heavy atom. The van der Waals surface area contributed by atoms with Gasteiger partial charge >= 0.3 is 6.18 Å². The van der Waals surface area contributed by atoms with E-state index in [1.165, 1.54) is 41.2 Å². The largest absolute Gasteiger partial charge is 0.414 e. The topological polar surface area (TPSA) is 126 Å². The number of rotatable bonds is 6. The highest BCUT2D eigenvalue weighted by atomic mass is 19.4. The van der Waals surface area contributed by atoms with Crippen molar-refractivity contribution in [2.24, 2.45) is 0 Å². The number of halogens is 3. The van der Waals surface area contributed by atoms with Crippen LogP contribution in [-0.2, 0) is 9.59 Å². The van der Waals surface area contributed by atoms with E-state index in [1.807, 2.05) is 0 Å². The number of pyridine rings is 1. The number of carbonyl (C=O) groups excluding carboxylic acids is 2. The second-order valence-corrected chi connectivity index (χ2v) is 7.72. The van der Waals surface area contributed by atoms with E-state index < -0.39 is 24.0 Å². The lowest BCUT2D eigenvalue weighted by atomic mass is 10.1. The van der Waals surface area contributed by atoms with Gasteiger partial charge in [-0.05, 0) is 31.1 Å². The normalized spacial score (nSPS) is 18.6. The van der Waals surface area contributed by atoms with Gasteiger partial charge in [0.05, 0.1) is 18.3 Å². The summed E-state index contributed by atoms with van der Waals surface area (Å²) in [6.45, 7) is 0. The Kier molecular flexibility index (Phi) is 4.95. The predicted octanol–water partition coefficient (Wildman–Crippen LogP) is 2.24. The van der Waals surface area contributed by atoms with Gasteiger partial charge < -0.3 is 10.6 Å². The molecule has 0 bridgehead atoms. The molecule has 0 spiro atoms. The molecule has 2 aliphatic rings. The van der Waals surface area contributed by atoms with Crippen LogP contribution in [0.2, 0.25) is 0 Å². The maximum absolute atomic E-state index is 13.8. The predicted molar refractivity (Wildman–Crippen MR) is 110 cm³/mol. The van der Waals surface area contributed by atoms with Gasteiger partial charge in [-0.1, -0.05) is 6.07 Å². The van der Waals surface area contributed by atoms with Gasteiger partial charge in [0.15, 0.2) is 11.7 Å². The summed E-state index contributed by atoms with van der Waals surface area (Å²) in [6, 6.07) is 2.24. The fourth-order valence-electron chi connectivity index (χ4n) is 3.37. The number of aromatic nitrogens is 5. The van der Waals surface area contributed by atoms with Gasteiger partial charge in [-0.25, -0.2) is 0 Å². The molecule has 170 valence electrons. The van der Waals surface area contributed by atoms with E-state index in [0.717, 1.165) is 12.8 Å². The van der Waals surface area contributed by atoms with Crippen molar-refractivity contribution in [1.29, 1.82) is 0 Å². The number of nitrogens with one attached hydrogen (secondary N) is 3.